The van der Waals surface area contributed by atoms with Gasteiger partial charge in [0.25, 0.3) is 0 Å². The van der Waals surface area contributed by atoms with Gasteiger partial charge in [-0.2, -0.15) is 15.0 Å². The molecule has 166 valence electrons. The van der Waals surface area contributed by atoms with Gasteiger partial charge in [-0.25, -0.2) is 5.32 Å². The number of hydrogen-bond acceptors (Lipinski definition) is 7. The van der Waals surface area contributed by atoms with E-state index in [-0.39, 0.29) is 17.5 Å². The average Bonchev–Trinajstić information content (AvgIpc) is 2.71. The summed E-state index contributed by atoms with van der Waals surface area (Å²) < 4.78 is 0. The van der Waals surface area contributed by atoms with Crippen LogP contribution in [0.15, 0.2) is 0 Å². The molecule has 1 atom stereocenters. The van der Waals surface area contributed by atoms with E-state index in [0.717, 1.165) is 32.6 Å². The lowest BCUT2D eigenvalue weighted by molar-refractivity contribution is -0.143. The second-order valence-electron chi connectivity index (χ2n) is 9.50. The largest absolute Gasteiger partial charge is 0.338 e. The molecule has 1 aromatic rings. The number of anilines is 2. The smallest absolute Gasteiger partial charge is 0.242 e. The van der Waals surface area contributed by atoms with E-state index in [9.17, 15) is 4.79 Å². The fourth-order valence-electron chi connectivity index (χ4n) is 4.36. The van der Waals surface area contributed by atoms with Crippen LogP contribution in [0, 0.1) is 6.33 Å². The highest BCUT2D eigenvalue weighted by molar-refractivity contribution is 5.86. The van der Waals surface area contributed by atoms with Gasteiger partial charge >= 0.3 is 0 Å². The third kappa shape index (κ3) is 5.18. The average molecular weight is 417 g/mol. The summed E-state index contributed by atoms with van der Waals surface area (Å²) in [5.41, 5.74) is -0.706. The summed E-state index contributed by atoms with van der Waals surface area (Å²) in [5.74, 6) is 1.41. The standard InChI is InChI=1S/C21H36N8O/c1-7-16(2)29(13-12-28-14-20(3,4)26-21(5,6)17(28)30)19-24-15-23-18(25-19)27-10-8-22-9-11-27/h16,26H,7-14H2,1-6H3. The molecule has 9 heteroatoms. The Balaban J connectivity index is 1.76. The molecule has 3 rings (SSSR count). The lowest BCUT2D eigenvalue weighted by Gasteiger charge is -2.47. The van der Waals surface area contributed by atoms with Crippen molar-refractivity contribution >= 4 is 17.8 Å². The summed E-state index contributed by atoms with van der Waals surface area (Å²) in [5, 5.41) is 7.84. The molecule has 0 spiro atoms. The molecule has 2 saturated heterocycles. The maximum atomic E-state index is 13.0. The molecule has 30 heavy (non-hydrogen) atoms. The van der Waals surface area contributed by atoms with Crippen LogP contribution in [0.3, 0.4) is 0 Å². The zero-order valence-corrected chi connectivity index (χ0v) is 19.3. The molecule has 1 unspecified atom stereocenters. The van der Waals surface area contributed by atoms with Crippen LogP contribution in [0.2, 0.25) is 0 Å². The van der Waals surface area contributed by atoms with Crippen molar-refractivity contribution in [3.63, 3.8) is 0 Å². The summed E-state index contributed by atoms with van der Waals surface area (Å²) in [7, 11) is 0. The molecular weight excluding hydrogens is 380 g/mol. The Kier molecular flexibility index (Phi) is 6.81. The van der Waals surface area contributed by atoms with Gasteiger partial charge < -0.3 is 14.7 Å². The molecule has 1 N–H and O–H groups in total. The van der Waals surface area contributed by atoms with E-state index in [1.807, 2.05) is 18.7 Å². The van der Waals surface area contributed by atoms with Gasteiger partial charge in [0, 0.05) is 57.4 Å². The Morgan fingerprint density at radius 1 is 1.20 bits per heavy atom. The maximum absolute atomic E-state index is 13.0. The summed E-state index contributed by atoms with van der Waals surface area (Å²) >= 11 is 0. The van der Waals surface area contributed by atoms with E-state index in [4.69, 9.17) is 4.98 Å². The lowest BCUT2D eigenvalue weighted by Crippen LogP contribution is -2.70. The zero-order valence-electron chi connectivity index (χ0n) is 19.3. The number of amides is 1. The SMILES string of the molecule is CCC(C)N(CCN1CC(C)(C)NC(C)(C)C1=O)c1n[c]nc(N2CC[N]CC2)n1. The fourth-order valence-corrected chi connectivity index (χ4v) is 4.36. The fraction of sp³-hybridized carbons (Fsp3) is 0.810. The normalized spacial score (nSPS) is 22.1. The first-order chi connectivity index (χ1) is 14.1. The minimum Gasteiger partial charge on any atom is -0.338 e. The predicted octanol–water partition coefficient (Wildman–Crippen LogP) is 0.690. The molecule has 2 aliphatic rings. The van der Waals surface area contributed by atoms with Crippen LogP contribution >= 0.6 is 0 Å². The third-order valence-corrected chi connectivity index (χ3v) is 5.89. The Bertz CT molecular complexity index is 731. The molecule has 0 aromatic carbocycles. The van der Waals surface area contributed by atoms with E-state index in [2.05, 4.69) is 64.4 Å². The first kappa shape index (κ1) is 22.7. The van der Waals surface area contributed by atoms with Crippen LogP contribution in [0.25, 0.3) is 0 Å². The molecule has 0 aliphatic carbocycles. The van der Waals surface area contributed by atoms with Crippen molar-refractivity contribution < 1.29 is 4.79 Å². The molecule has 2 aliphatic heterocycles. The van der Waals surface area contributed by atoms with E-state index < -0.39 is 5.54 Å². The maximum Gasteiger partial charge on any atom is 0.242 e. The number of carbonyl (C=O) groups excluding carboxylic acids is 1. The number of rotatable bonds is 7. The number of carbonyl (C=O) groups is 1. The van der Waals surface area contributed by atoms with Gasteiger partial charge in [0.1, 0.15) is 0 Å². The van der Waals surface area contributed by atoms with Crippen molar-refractivity contribution in [2.75, 3.05) is 55.6 Å². The van der Waals surface area contributed by atoms with E-state index in [1.54, 1.807) is 0 Å². The number of hydrogen-bond donors (Lipinski definition) is 1. The third-order valence-electron chi connectivity index (χ3n) is 5.89. The van der Waals surface area contributed by atoms with Gasteiger partial charge in [-0.05, 0) is 41.0 Å². The minimum absolute atomic E-state index is 0.130. The molecule has 3 heterocycles. The summed E-state index contributed by atoms with van der Waals surface area (Å²) in [6, 6.07) is 0.240. The molecule has 0 bridgehead atoms. The van der Waals surface area contributed by atoms with Crippen LogP contribution < -0.4 is 20.4 Å². The van der Waals surface area contributed by atoms with E-state index in [1.165, 1.54) is 0 Å². The Labute approximate surface area is 180 Å². The van der Waals surface area contributed by atoms with Crippen LogP contribution in [-0.4, -0.2) is 88.7 Å². The van der Waals surface area contributed by atoms with E-state index in [0.29, 0.717) is 31.5 Å². The Hall–Kier alpha value is -2.00. The van der Waals surface area contributed by atoms with Crippen LogP contribution in [-0.2, 0) is 4.79 Å². The molecule has 2 fully saturated rings. The monoisotopic (exact) mass is 416 g/mol. The van der Waals surface area contributed by atoms with Crippen molar-refractivity contribution in [2.24, 2.45) is 0 Å². The summed E-state index contributed by atoms with van der Waals surface area (Å²) in [6.45, 7) is 17.7. The summed E-state index contributed by atoms with van der Waals surface area (Å²) in [6.07, 6.45) is 3.75. The second-order valence-corrected chi connectivity index (χ2v) is 9.50. The molecule has 1 aromatic heterocycles. The van der Waals surface area contributed by atoms with Crippen molar-refractivity contribution in [3.8, 4) is 0 Å². The Morgan fingerprint density at radius 2 is 1.90 bits per heavy atom. The van der Waals surface area contributed by atoms with Crippen molar-refractivity contribution in [1.82, 2.24) is 30.5 Å². The van der Waals surface area contributed by atoms with Gasteiger partial charge in [-0.3, -0.25) is 10.1 Å². The minimum atomic E-state index is -0.573. The van der Waals surface area contributed by atoms with Crippen LogP contribution in [0.4, 0.5) is 11.9 Å². The number of aromatic nitrogens is 3. The highest BCUT2D eigenvalue weighted by Gasteiger charge is 2.43. The quantitative estimate of drug-likeness (QED) is 0.699. The molecule has 2 radical (unpaired) electrons. The highest BCUT2D eigenvalue weighted by atomic mass is 16.2. The zero-order chi connectivity index (χ0) is 21.9. The summed E-state index contributed by atoms with van der Waals surface area (Å²) in [4.78, 5) is 32.6. The highest BCUT2D eigenvalue weighted by Crippen LogP contribution is 2.23. The molecule has 1 amide bonds. The van der Waals surface area contributed by atoms with Crippen molar-refractivity contribution in [1.29, 1.82) is 0 Å². The first-order valence-corrected chi connectivity index (χ1v) is 11.0. The van der Waals surface area contributed by atoms with Gasteiger partial charge in [0.15, 0.2) is 0 Å². The lowest BCUT2D eigenvalue weighted by atomic mass is 9.90. The molecule has 9 nitrogen and oxygen atoms in total. The predicted molar refractivity (Wildman–Crippen MR) is 118 cm³/mol. The van der Waals surface area contributed by atoms with Gasteiger partial charge in [-0.1, -0.05) is 6.92 Å². The molecule has 0 saturated carbocycles. The number of nitrogens with one attached hydrogen (secondary N) is 1. The van der Waals surface area contributed by atoms with Crippen LogP contribution in [0.5, 0.6) is 0 Å². The van der Waals surface area contributed by atoms with Crippen LogP contribution in [0.1, 0.15) is 48.0 Å². The topological polar surface area (TPSA) is 91.6 Å². The van der Waals surface area contributed by atoms with Gasteiger partial charge in [0.2, 0.25) is 24.1 Å². The van der Waals surface area contributed by atoms with Crippen molar-refractivity contribution in [2.45, 2.75) is 65.1 Å². The number of nitrogens with zero attached hydrogens (tertiary/aromatic N) is 7. The van der Waals surface area contributed by atoms with E-state index >= 15 is 0 Å². The van der Waals surface area contributed by atoms with Gasteiger partial charge in [-0.15, -0.1) is 0 Å². The Morgan fingerprint density at radius 3 is 2.57 bits per heavy atom. The molecular formula is C21H36N8O. The number of piperazine rings is 2. The van der Waals surface area contributed by atoms with Crippen molar-refractivity contribution in [3.05, 3.63) is 6.33 Å². The second kappa shape index (κ2) is 9.01. The van der Waals surface area contributed by atoms with Gasteiger partial charge in [0.05, 0.1) is 5.54 Å². The first-order valence-electron chi connectivity index (χ1n) is 11.0.